The number of carbonyl (C=O) groups is 1. The van der Waals surface area contributed by atoms with Crippen molar-refractivity contribution >= 4 is 30.7 Å². The van der Waals surface area contributed by atoms with Crippen molar-refractivity contribution < 1.29 is 4.79 Å². The standard InChI is InChI=1S/C13H23N5O.2ClH/c1-3-11-16-13-10(5-4-8-18(13)17-11)15-12(19)7-6-9(2)14;;/h9-10H,3-8,14H2,1-2H3,(H,15,19);2*1H. The second kappa shape index (κ2) is 9.23. The van der Waals surface area contributed by atoms with E-state index in [1.165, 1.54) is 0 Å². The third kappa shape index (κ3) is 5.45. The number of aryl methyl sites for hydroxylation is 2. The third-order valence-corrected chi connectivity index (χ3v) is 3.40. The van der Waals surface area contributed by atoms with Gasteiger partial charge in [0.05, 0.1) is 6.04 Å². The summed E-state index contributed by atoms with van der Waals surface area (Å²) in [6.45, 7) is 4.85. The Morgan fingerprint density at radius 1 is 1.52 bits per heavy atom. The maximum Gasteiger partial charge on any atom is 0.220 e. The zero-order chi connectivity index (χ0) is 13.8. The Balaban J connectivity index is 0.00000200. The molecule has 1 aliphatic heterocycles. The molecule has 0 aliphatic carbocycles. The van der Waals surface area contributed by atoms with Crippen LogP contribution < -0.4 is 11.1 Å². The van der Waals surface area contributed by atoms with Crippen molar-refractivity contribution in [3.63, 3.8) is 0 Å². The molecule has 0 aromatic carbocycles. The highest BCUT2D eigenvalue weighted by atomic mass is 35.5. The predicted molar refractivity (Wildman–Crippen MR) is 86.9 cm³/mol. The van der Waals surface area contributed by atoms with E-state index in [9.17, 15) is 4.79 Å². The number of aromatic nitrogens is 3. The molecule has 0 saturated carbocycles. The van der Waals surface area contributed by atoms with Crippen LogP contribution in [0.1, 0.15) is 57.2 Å². The SMILES string of the molecule is CCc1nc2n(n1)CCCC2NC(=O)CCC(C)N.Cl.Cl. The molecule has 1 aromatic rings. The molecule has 0 bridgehead atoms. The molecule has 0 radical (unpaired) electrons. The Bertz CT molecular complexity index is 450. The summed E-state index contributed by atoms with van der Waals surface area (Å²) in [6, 6.07) is 0.0644. The van der Waals surface area contributed by atoms with Crippen molar-refractivity contribution in [2.75, 3.05) is 0 Å². The molecule has 8 heteroatoms. The first-order valence-electron chi connectivity index (χ1n) is 7.08. The molecule has 3 N–H and O–H groups in total. The van der Waals surface area contributed by atoms with Gasteiger partial charge in [0.25, 0.3) is 0 Å². The van der Waals surface area contributed by atoms with Crippen molar-refractivity contribution in [2.24, 2.45) is 5.73 Å². The summed E-state index contributed by atoms with van der Waals surface area (Å²) in [6.07, 6.45) is 3.98. The lowest BCUT2D eigenvalue weighted by Crippen LogP contribution is -2.33. The minimum absolute atomic E-state index is 0. The molecular formula is C13H25Cl2N5O. The molecule has 0 saturated heterocycles. The van der Waals surface area contributed by atoms with Gasteiger partial charge in [0, 0.05) is 25.4 Å². The first-order valence-corrected chi connectivity index (χ1v) is 7.08. The number of amides is 1. The largest absolute Gasteiger partial charge is 0.346 e. The fraction of sp³-hybridized carbons (Fsp3) is 0.769. The van der Waals surface area contributed by atoms with E-state index in [4.69, 9.17) is 5.73 Å². The second-order valence-corrected chi connectivity index (χ2v) is 5.24. The van der Waals surface area contributed by atoms with Gasteiger partial charge in [-0.05, 0) is 26.2 Å². The Hall–Kier alpha value is -0.850. The Kier molecular flexibility index (Phi) is 8.85. The number of halogens is 2. The number of hydrogen-bond acceptors (Lipinski definition) is 4. The number of rotatable bonds is 5. The van der Waals surface area contributed by atoms with Crippen molar-refractivity contribution in [1.82, 2.24) is 20.1 Å². The maximum absolute atomic E-state index is 11.9. The van der Waals surface area contributed by atoms with Crippen LogP contribution in [0.2, 0.25) is 0 Å². The first kappa shape index (κ1) is 20.1. The molecule has 2 heterocycles. The number of nitrogens with zero attached hydrogens (tertiary/aromatic N) is 3. The van der Waals surface area contributed by atoms with Crippen LogP contribution in [-0.4, -0.2) is 26.7 Å². The molecule has 1 amide bonds. The Morgan fingerprint density at radius 3 is 2.86 bits per heavy atom. The number of hydrogen-bond donors (Lipinski definition) is 2. The predicted octanol–water partition coefficient (Wildman–Crippen LogP) is 1.76. The highest BCUT2D eigenvalue weighted by Crippen LogP contribution is 2.23. The molecule has 0 fully saturated rings. The van der Waals surface area contributed by atoms with E-state index in [1.807, 2.05) is 18.5 Å². The highest BCUT2D eigenvalue weighted by Gasteiger charge is 2.25. The van der Waals surface area contributed by atoms with Gasteiger partial charge in [0.2, 0.25) is 5.91 Å². The average molecular weight is 338 g/mol. The number of fused-ring (bicyclic) bond motifs is 1. The van der Waals surface area contributed by atoms with Crippen LogP contribution in [-0.2, 0) is 17.8 Å². The smallest absolute Gasteiger partial charge is 0.220 e. The number of nitrogens with two attached hydrogens (primary N) is 1. The molecule has 21 heavy (non-hydrogen) atoms. The Labute approximate surface area is 138 Å². The van der Waals surface area contributed by atoms with E-state index in [1.54, 1.807) is 0 Å². The van der Waals surface area contributed by atoms with E-state index < -0.39 is 0 Å². The Morgan fingerprint density at radius 2 is 2.24 bits per heavy atom. The number of carbonyl (C=O) groups excluding carboxylic acids is 1. The fourth-order valence-corrected chi connectivity index (χ4v) is 2.31. The molecule has 2 rings (SSSR count). The van der Waals surface area contributed by atoms with Crippen LogP contribution in [0.15, 0.2) is 0 Å². The van der Waals surface area contributed by atoms with Gasteiger partial charge in [0.15, 0.2) is 5.82 Å². The molecule has 2 unspecified atom stereocenters. The van der Waals surface area contributed by atoms with Gasteiger partial charge in [-0.1, -0.05) is 6.92 Å². The summed E-state index contributed by atoms with van der Waals surface area (Å²) in [5.41, 5.74) is 5.67. The van der Waals surface area contributed by atoms with Gasteiger partial charge >= 0.3 is 0 Å². The number of nitrogens with one attached hydrogen (secondary N) is 1. The monoisotopic (exact) mass is 337 g/mol. The topological polar surface area (TPSA) is 85.8 Å². The fourth-order valence-electron chi connectivity index (χ4n) is 2.31. The van der Waals surface area contributed by atoms with Crippen molar-refractivity contribution in [3.05, 3.63) is 11.6 Å². The zero-order valence-corrected chi connectivity index (χ0v) is 14.2. The van der Waals surface area contributed by atoms with Gasteiger partial charge in [0.1, 0.15) is 5.82 Å². The van der Waals surface area contributed by atoms with Gasteiger partial charge in [-0.3, -0.25) is 4.79 Å². The van der Waals surface area contributed by atoms with Crippen molar-refractivity contribution in [3.8, 4) is 0 Å². The van der Waals surface area contributed by atoms with E-state index in [-0.39, 0.29) is 42.8 Å². The first-order chi connectivity index (χ1) is 9.10. The summed E-state index contributed by atoms with van der Waals surface area (Å²) in [5, 5.41) is 7.49. The molecule has 1 aliphatic rings. The lowest BCUT2D eigenvalue weighted by atomic mass is 10.1. The van der Waals surface area contributed by atoms with E-state index in [0.29, 0.717) is 12.8 Å². The minimum atomic E-state index is 0. The van der Waals surface area contributed by atoms with Gasteiger partial charge in [-0.2, -0.15) is 5.10 Å². The van der Waals surface area contributed by atoms with Crippen LogP contribution in [0.4, 0.5) is 0 Å². The summed E-state index contributed by atoms with van der Waals surface area (Å²) < 4.78 is 1.93. The second-order valence-electron chi connectivity index (χ2n) is 5.24. The maximum atomic E-state index is 11.9. The van der Waals surface area contributed by atoms with Crippen LogP contribution in [0.25, 0.3) is 0 Å². The van der Waals surface area contributed by atoms with Crippen LogP contribution in [0.3, 0.4) is 0 Å². The molecule has 0 spiro atoms. The normalized spacial score (nSPS) is 18.0. The highest BCUT2D eigenvalue weighted by molar-refractivity contribution is 5.85. The molecule has 6 nitrogen and oxygen atoms in total. The zero-order valence-electron chi connectivity index (χ0n) is 12.5. The average Bonchev–Trinajstić information content (AvgIpc) is 2.80. The molecule has 1 aromatic heterocycles. The minimum Gasteiger partial charge on any atom is -0.346 e. The summed E-state index contributed by atoms with van der Waals surface area (Å²) in [4.78, 5) is 16.4. The van der Waals surface area contributed by atoms with Gasteiger partial charge < -0.3 is 11.1 Å². The van der Waals surface area contributed by atoms with Crippen LogP contribution in [0, 0.1) is 0 Å². The van der Waals surface area contributed by atoms with Crippen LogP contribution in [0.5, 0.6) is 0 Å². The van der Waals surface area contributed by atoms with E-state index >= 15 is 0 Å². The summed E-state index contributed by atoms with van der Waals surface area (Å²) in [5.74, 6) is 1.81. The van der Waals surface area contributed by atoms with E-state index in [2.05, 4.69) is 15.4 Å². The lowest BCUT2D eigenvalue weighted by Gasteiger charge is -2.23. The van der Waals surface area contributed by atoms with Crippen molar-refractivity contribution in [2.45, 2.75) is 64.6 Å². The quantitative estimate of drug-likeness (QED) is 0.857. The van der Waals surface area contributed by atoms with Gasteiger partial charge in [-0.15, -0.1) is 24.8 Å². The summed E-state index contributed by atoms with van der Waals surface area (Å²) >= 11 is 0. The van der Waals surface area contributed by atoms with Crippen LogP contribution >= 0.6 is 24.8 Å². The van der Waals surface area contributed by atoms with E-state index in [0.717, 1.165) is 37.5 Å². The lowest BCUT2D eigenvalue weighted by molar-refractivity contribution is -0.122. The van der Waals surface area contributed by atoms with Crippen molar-refractivity contribution in [1.29, 1.82) is 0 Å². The molecular weight excluding hydrogens is 313 g/mol. The third-order valence-electron chi connectivity index (χ3n) is 3.40. The summed E-state index contributed by atoms with van der Waals surface area (Å²) in [7, 11) is 0. The molecule has 122 valence electrons. The van der Waals surface area contributed by atoms with Gasteiger partial charge in [-0.25, -0.2) is 9.67 Å². The molecule has 2 atom stereocenters.